The molecule has 0 bridgehead atoms. The van der Waals surface area contributed by atoms with Crippen LogP contribution in [0.25, 0.3) is 0 Å². The van der Waals surface area contributed by atoms with Crippen molar-refractivity contribution in [1.29, 1.82) is 0 Å². The van der Waals surface area contributed by atoms with Gasteiger partial charge in [0.2, 0.25) is 5.91 Å². The van der Waals surface area contributed by atoms with Crippen LogP contribution in [0.1, 0.15) is 12.8 Å². The third-order valence-electron chi connectivity index (χ3n) is 2.71. The third-order valence-corrected chi connectivity index (χ3v) is 2.71. The first-order valence-corrected chi connectivity index (χ1v) is 5.09. The number of hydrogen-bond donors (Lipinski definition) is 1. The normalized spacial score (nSPS) is 21.3. The predicted molar refractivity (Wildman–Crippen MR) is 56.2 cm³/mol. The summed E-state index contributed by atoms with van der Waals surface area (Å²) in [7, 11) is 0. The molecule has 0 aliphatic carbocycles. The summed E-state index contributed by atoms with van der Waals surface area (Å²) in [6, 6.07) is 3.74. The molecule has 0 aromatic carbocycles. The number of piperidine rings is 1. The van der Waals surface area contributed by atoms with Crippen molar-refractivity contribution >= 4 is 11.7 Å². The SMILES string of the molecule is NC(=O)C1CCCN(c2cccnn2)C1. The molecular formula is C10H14N4O. The summed E-state index contributed by atoms with van der Waals surface area (Å²) >= 11 is 0. The molecule has 2 heterocycles. The molecule has 1 saturated heterocycles. The first-order valence-electron chi connectivity index (χ1n) is 5.09. The van der Waals surface area contributed by atoms with E-state index in [4.69, 9.17) is 5.73 Å². The smallest absolute Gasteiger partial charge is 0.222 e. The monoisotopic (exact) mass is 206 g/mol. The van der Waals surface area contributed by atoms with Crippen molar-refractivity contribution in [3.63, 3.8) is 0 Å². The zero-order chi connectivity index (χ0) is 10.7. The quantitative estimate of drug-likeness (QED) is 0.749. The van der Waals surface area contributed by atoms with E-state index in [1.54, 1.807) is 6.20 Å². The Kier molecular flexibility index (Phi) is 2.80. The zero-order valence-electron chi connectivity index (χ0n) is 8.47. The Bertz CT molecular complexity index is 341. The first kappa shape index (κ1) is 9.89. The highest BCUT2D eigenvalue weighted by Gasteiger charge is 2.24. The lowest BCUT2D eigenvalue weighted by Crippen LogP contribution is -2.41. The fourth-order valence-electron chi connectivity index (χ4n) is 1.88. The number of carbonyl (C=O) groups is 1. The highest BCUT2D eigenvalue weighted by atomic mass is 16.1. The molecule has 1 unspecified atom stereocenters. The summed E-state index contributed by atoms with van der Waals surface area (Å²) in [5, 5.41) is 7.84. The Balaban J connectivity index is 2.08. The maximum absolute atomic E-state index is 11.1. The summed E-state index contributed by atoms with van der Waals surface area (Å²) in [6.07, 6.45) is 3.50. The van der Waals surface area contributed by atoms with E-state index < -0.39 is 0 Å². The minimum Gasteiger partial charge on any atom is -0.369 e. The van der Waals surface area contributed by atoms with Gasteiger partial charge in [-0.15, -0.1) is 5.10 Å². The number of primary amides is 1. The molecule has 0 radical (unpaired) electrons. The number of carbonyl (C=O) groups excluding carboxylic acids is 1. The Hall–Kier alpha value is -1.65. The van der Waals surface area contributed by atoms with Crippen molar-refractivity contribution in [3.8, 4) is 0 Å². The van der Waals surface area contributed by atoms with Gasteiger partial charge in [-0.05, 0) is 25.0 Å². The molecule has 1 amide bonds. The topological polar surface area (TPSA) is 72.1 Å². The second-order valence-corrected chi connectivity index (χ2v) is 3.77. The standard InChI is InChI=1S/C10H14N4O/c11-10(15)8-3-2-6-14(7-8)9-4-1-5-12-13-9/h1,4-5,8H,2-3,6-7H2,(H2,11,15). The lowest BCUT2D eigenvalue weighted by Gasteiger charge is -2.31. The molecule has 1 fully saturated rings. The number of aromatic nitrogens is 2. The van der Waals surface area contributed by atoms with Gasteiger partial charge in [-0.2, -0.15) is 5.10 Å². The molecule has 80 valence electrons. The molecule has 0 spiro atoms. The van der Waals surface area contributed by atoms with E-state index in [2.05, 4.69) is 15.1 Å². The zero-order valence-corrected chi connectivity index (χ0v) is 8.47. The largest absolute Gasteiger partial charge is 0.369 e. The van der Waals surface area contributed by atoms with Crippen molar-refractivity contribution < 1.29 is 4.79 Å². The van der Waals surface area contributed by atoms with Crippen LogP contribution in [-0.2, 0) is 4.79 Å². The number of rotatable bonds is 2. The molecule has 2 N–H and O–H groups in total. The van der Waals surface area contributed by atoms with Crippen LogP contribution in [0.4, 0.5) is 5.82 Å². The van der Waals surface area contributed by atoms with Crippen molar-refractivity contribution in [1.82, 2.24) is 10.2 Å². The fraction of sp³-hybridized carbons (Fsp3) is 0.500. The molecule has 1 atom stereocenters. The van der Waals surface area contributed by atoms with Gasteiger partial charge in [0.1, 0.15) is 0 Å². The van der Waals surface area contributed by atoms with E-state index in [9.17, 15) is 4.79 Å². The highest BCUT2D eigenvalue weighted by molar-refractivity contribution is 5.77. The average molecular weight is 206 g/mol. The molecule has 1 aliphatic heterocycles. The van der Waals surface area contributed by atoms with Crippen molar-refractivity contribution in [3.05, 3.63) is 18.3 Å². The Labute approximate surface area is 88.3 Å². The number of anilines is 1. The summed E-state index contributed by atoms with van der Waals surface area (Å²) in [5.74, 6) is 0.549. The number of nitrogens with zero attached hydrogens (tertiary/aromatic N) is 3. The van der Waals surface area contributed by atoms with E-state index in [0.29, 0.717) is 6.54 Å². The Morgan fingerprint density at radius 2 is 2.47 bits per heavy atom. The van der Waals surface area contributed by atoms with E-state index >= 15 is 0 Å². The number of amides is 1. The maximum atomic E-state index is 11.1. The van der Waals surface area contributed by atoms with E-state index in [1.165, 1.54) is 0 Å². The van der Waals surface area contributed by atoms with Crippen LogP contribution >= 0.6 is 0 Å². The third kappa shape index (κ3) is 2.23. The van der Waals surface area contributed by atoms with Crippen molar-refractivity contribution in [2.45, 2.75) is 12.8 Å². The van der Waals surface area contributed by atoms with Gasteiger partial charge in [-0.3, -0.25) is 4.79 Å². The van der Waals surface area contributed by atoms with Crippen LogP contribution < -0.4 is 10.6 Å². The second kappa shape index (κ2) is 4.25. The minimum absolute atomic E-state index is 0.0549. The van der Waals surface area contributed by atoms with Crippen LogP contribution in [0, 0.1) is 5.92 Å². The maximum Gasteiger partial charge on any atom is 0.222 e. The van der Waals surface area contributed by atoms with Crippen LogP contribution in [0.5, 0.6) is 0 Å². The van der Waals surface area contributed by atoms with Crippen molar-refractivity contribution in [2.75, 3.05) is 18.0 Å². The van der Waals surface area contributed by atoms with Gasteiger partial charge in [0.25, 0.3) is 0 Å². The Morgan fingerprint density at radius 1 is 1.60 bits per heavy atom. The highest BCUT2D eigenvalue weighted by Crippen LogP contribution is 2.20. The van der Waals surface area contributed by atoms with Gasteiger partial charge in [0, 0.05) is 19.3 Å². The summed E-state index contributed by atoms with van der Waals surface area (Å²) in [6.45, 7) is 1.58. The molecule has 15 heavy (non-hydrogen) atoms. The second-order valence-electron chi connectivity index (χ2n) is 3.77. The molecule has 1 aromatic rings. The van der Waals surface area contributed by atoms with Crippen LogP contribution in [0.3, 0.4) is 0 Å². The van der Waals surface area contributed by atoms with Gasteiger partial charge in [0.15, 0.2) is 5.82 Å². The van der Waals surface area contributed by atoms with Crippen LogP contribution in [-0.4, -0.2) is 29.2 Å². The average Bonchev–Trinajstić information content (AvgIpc) is 2.30. The molecule has 0 saturated carbocycles. The summed E-state index contributed by atoms with van der Waals surface area (Å²) in [5.41, 5.74) is 5.31. The predicted octanol–water partition coefficient (Wildman–Crippen LogP) is 0.178. The van der Waals surface area contributed by atoms with Gasteiger partial charge in [-0.1, -0.05) is 0 Å². The number of nitrogens with two attached hydrogens (primary N) is 1. The Morgan fingerprint density at radius 3 is 3.13 bits per heavy atom. The van der Waals surface area contributed by atoms with E-state index in [0.717, 1.165) is 25.2 Å². The summed E-state index contributed by atoms with van der Waals surface area (Å²) < 4.78 is 0. The van der Waals surface area contributed by atoms with Crippen LogP contribution in [0.2, 0.25) is 0 Å². The van der Waals surface area contributed by atoms with Crippen molar-refractivity contribution in [2.24, 2.45) is 11.7 Å². The summed E-state index contributed by atoms with van der Waals surface area (Å²) in [4.78, 5) is 13.2. The molecule has 1 aliphatic rings. The minimum atomic E-state index is -0.219. The molecule has 5 heteroatoms. The number of hydrogen-bond acceptors (Lipinski definition) is 4. The van der Waals surface area contributed by atoms with Gasteiger partial charge >= 0.3 is 0 Å². The molecule has 2 rings (SSSR count). The van der Waals surface area contributed by atoms with E-state index in [1.807, 2.05) is 12.1 Å². The molecule has 1 aromatic heterocycles. The van der Waals surface area contributed by atoms with Gasteiger partial charge < -0.3 is 10.6 Å². The van der Waals surface area contributed by atoms with Crippen LogP contribution in [0.15, 0.2) is 18.3 Å². The fourth-order valence-corrected chi connectivity index (χ4v) is 1.88. The first-order chi connectivity index (χ1) is 7.27. The van der Waals surface area contributed by atoms with Gasteiger partial charge in [-0.25, -0.2) is 0 Å². The lowest BCUT2D eigenvalue weighted by atomic mass is 9.97. The van der Waals surface area contributed by atoms with Gasteiger partial charge in [0.05, 0.1) is 5.92 Å². The lowest BCUT2D eigenvalue weighted by molar-refractivity contribution is -0.122. The molecular weight excluding hydrogens is 192 g/mol. The van der Waals surface area contributed by atoms with E-state index in [-0.39, 0.29) is 11.8 Å². The molecule has 5 nitrogen and oxygen atoms in total.